The summed E-state index contributed by atoms with van der Waals surface area (Å²) in [6.07, 6.45) is 0.0815. The summed E-state index contributed by atoms with van der Waals surface area (Å²) in [4.78, 5) is 23.3. The van der Waals surface area contributed by atoms with Gasteiger partial charge in [0, 0.05) is 10.2 Å². The molecule has 0 fully saturated rings. The summed E-state index contributed by atoms with van der Waals surface area (Å²) in [7, 11) is 0. The number of carbonyl (C=O) groups is 2. The van der Waals surface area contributed by atoms with Crippen molar-refractivity contribution in [3.8, 4) is 5.75 Å². The third-order valence-corrected chi connectivity index (χ3v) is 3.53. The standard InChI is InChI=1S/C18H18BrNO4/c1-13-4-2-7-16(10-13)23-9-8-18(22)24-12-17(21)20-15-6-3-5-14(19)11-15/h2-7,10-11H,8-9,12H2,1H3,(H,20,21). The van der Waals surface area contributed by atoms with Crippen LogP contribution in [0.15, 0.2) is 53.0 Å². The molecule has 0 spiro atoms. The molecule has 0 unspecified atom stereocenters. The molecule has 2 aromatic carbocycles. The number of hydrogen-bond donors (Lipinski definition) is 1. The Morgan fingerprint density at radius 3 is 2.67 bits per heavy atom. The molecule has 0 radical (unpaired) electrons. The first-order chi connectivity index (χ1) is 11.5. The van der Waals surface area contributed by atoms with Crippen molar-refractivity contribution in [2.75, 3.05) is 18.5 Å². The highest BCUT2D eigenvalue weighted by Crippen LogP contribution is 2.15. The summed E-state index contributed by atoms with van der Waals surface area (Å²) in [5.74, 6) is -0.164. The monoisotopic (exact) mass is 391 g/mol. The Labute approximate surface area is 149 Å². The molecule has 0 saturated heterocycles. The van der Waals surface area contributed by atoms with Gasteiger partial charge in [0.2, 0.25) is 0 Å². The summed E-state index contributed by atoms with van der Waals surface area (Å²) in [6, 6.07) is 14.7. The molecule has 5 nitrogen and oxygen atoms in total. The lowest BCUT2D eigenvalue weighted by Gasteiger charge is -2.08. The third kappa shape index (κ3) is 6.42. The van der Waals surface area contributed by atoms with Crippen LogP contribution in [0.3, 0.4) is 0 Å². The minimum absolute atomic E-state index is 0.0815. The number of hydrogen-bond acceptors (Lipinski definition) is 4. The molecule has 0 aliphatic rings. The smallest absolute Gasteiger partial charge is 0.309 e. The van der Waals surface area contributed by atoms with E-state index >= 15 is 0 Å². The Morgan fingerprint density at radius 2 is 1.92 bits per heavy atom. The van der Waals surface area contributed by atoms with Crippen molar-refractivity contribution in [3.63, 3.8) is 0 Å². The number of benzene rings is 2. The average Bonchev–Trinajstić information content (AvgIpc) is 2.53. The fraction of sp³-hybridized carbons (Fsp3) is 0.222. The van der Waals surface area contributed by atoms with Crippen LogP contribution in [0.2, 0.25) is 0 Å². The lowest BCUT2D eigenvalue weighted by atomic mass is 10.2. The van der Waals surface area contributed by atoms with Gasteiger partial charge in [-0.2, -0.15) is 0 Å². The predicted molar refractivity (Wildman–Crippen MR) is 95.0 cm³/mol. The molecule has 6 heteroatoms. The Morgan fingerprint density at radius 1 is 1.12 bits per heavy atom. The number of amides is 1. The maximum atomic E-state index is 11.7. The van der Waals surface area contributed by atoms with Crippen molar-refractivity contribution in [1.82, 2.24) is 0 Å². The van der Waals surface area contributed by atoms with Crippen LogP contribution in [0.25, 0.3) is 0 Å². The minimum Gasteiger partial charge on any atom is -0.493 e. The maximum Gasteiger partial charge on any atom is 0.309 e. The van der Waals surface area contributed by atoms with E-state index in [0.29, 0.717) is 11.4 Å². The molecule has 0 aromatic heterocycles. The molecule has 0 aliphatic heterocycles. The lowest BCUT2D eigenvalue weighted by Crippen LogP contribution is -2.21. The summed E-state index contributed by atoms with van der Waals surface area (Å²) >= 11 is 3.32. The first kappa shape index (κ1) is 18.0. The highest BCUT2D eigenvalue weighted by atomic mass is 79.9. The van der Waals surface area contributed by atoms with Gasteiger partial charge in [-0.25, -0.2) is 0 Å². The second-order valence-electron chi connectivity index (χ2n) is 5.13. The van der Waals surface area contributed by atoms with Gasteiger partial charge in [-0.15, -0.1) is 0 Å². The largest absolute Gasteiger partial charge is 0.493 e. The van der Waals surface area contributed by atoms with Crippen LogP contribution >= 0.6 is 15.9 Å². The SMILES string of the molecule is Cc1cccc(OCCC(=O)OCC(=O)Nc2cccc(Br)c2)c1. The first-order valence-electron chi connectivity index (χ1n) is 7.43. The average molecular weight is 392 g/mol. The molecule has 1 amide bonds. The molecular formula is C18H18BrNO4. The van der Waals surface area contributed by atoms with Crippen molar-refractivity contribution >= 4 is 33.5 Å². The summed E-state index contributed by atoms with van der Waals surface area (Å²) in [5.41, 5.74) is 1.72. The van der Waals surface area contributed by atoms with E-state index in [-0.39, 0.29) is 25.5 Å². The van der Waals surface area contributed by atoms with E-state index in [1.54, 1.807) is 18.2 Å². The Hall–Kier alpha value is -2.34. The number of ether oxygens (including phenoxy) is 2. The molecule has 0 saturated carbocycles. The van der Waals surface area contributed by atoms with Crippen molar-refractivity contribution in [3.05, 3.63) is 58.6 Å². The molecule has 24 heavy (non-hydrogen) atoms. The maximum absolute atomic E-state index is 11.7. The highest BCUT2D eigenvalue weighted by Gasteiger charge is 2.08. The molecule has 2 rings (SSSR count). The van der Waals surface area contributed by atoms with Crippen molar-refractivity contribution < 1.29 is 19.1 Å². The van der Waals surface area contributed by atoms with Crippen LogP contribution in [0.1, 0.15) is 12.0 Å². The van der Waals surface area contributed by atoms with Gasteiger partial charge in [0.15, 0.2) is 6.61 Å². The molecule has 0 aliphatic carbocycles. The number of anilines is 1. The molecule has 2 aromatic rings. The van der Waals surface area contributed by atoms with Gasteiger partial charge in [-0.1, -0.05) is 34.1 Å². The number of halogens is 1. The van der Waals surface area contributed by atoms with E-state index in [4.69, 9.17) is 9.47 Å². The fourth-order valence-electron chi connectivity index (χ4n) is 1.94. The fourth-order valence-corrected chi connectivity index (χ4v) is 2.34. The van der Waals surface area contributed by atoms with Gasteiger partial charge in [-0.3, -0.25) is 9.59 Å². The Bertz CT molecular complexity index is 718. The molecule has 1 N–H and O–H groups in total. The molecule has 126 valence electrons. The highest BCUT2D eigenvalue weighted by molar-refractivity contribution is 9.10. The second-order valence-corrected chi connectivity index (χ2v) is 6.05. The van der Waals surface area contributed by atoms with Gasteiger partial charge < -0.3 is 14.8 Å². The quantitative estimate of drug-likeness (QED) is 0.730. The van der Waals surface area contributed by atoms with Crippen molar-refractivity contribution in [2.45, 2.75) is 13.3 Å². The van der Waals surface area contributed by atoms with E-state index in [1.165, 1.54) is 0 Å². The topological polar surface area (TPSA) is 64.6 Å². The number of carbonyl (C=O) groups excluding carboxylic acids is 2. The van der Waals surface area contributed by atoms with Crippen molar-refractivity contribution in [2.24, 2.45) is 0 Å². The van der Waals surface area contributed by atoms with Gasteiger partial charge in [0.25, 0.3) is 5.91 Å². The van der Waals surface area contributed by atoms with E-state index < -0.39 is 5.97 Å². The van der Waals surface area contributed by atoms with Gasteiger partial charge in [-0.05, 0) is 42.8 Å². The summed E-state index contributed by atoms with van der Waals surface area (Å²) < 4.78 is 11.2. The normalized spacial score (nSPS) is 10.1. The number of rotatable bonds is 7. The third-order valence-electron chi connectivity index (χ3n) is 3.04. The number of esters is 1. The van der Waals surface area contributed by atoms with Crippen LogP contribution in [0.5, 0.6) is 5.75 Å². The van der Waals surface area contributed by atoms with Crippen LogP contribution in [-0.2, 0) is 14.3 Å². The van der Waals surface area contributed by atoms with Crippen molar-refractivity contribution in [1.29, 1.82) is 0 Å². The number of nitrogens with one attached hydrogen (secondary N) is 1. The van der Waals surface area contributed by atoms with Crippen LogP contribution < -0.4 is 10.1 Å². The number of aryl methyl sites for hydroxylation is 1. The second kappa shape index (κ2) is 9.08. The van der Waals surface area contributed by atoms with Crippen LogP contribution in [0.4, 0.5) is 5.69 Å². The van der Waals surface area contributed by atoms with E-state index in [9.17, 15) is 9.59 Å². The van der Waals surface area contributed by atoms with E-state index in [1.807, 2.05) is 37.3 Å². The van der Waals surface area contributed by atoms with Gasteiger partial charge in [0.05, 0.1) is 13.0 Å². The minimum atomic E-state index is -0.480. The molecular weight excluding hydrogens is 374 g/mol. The molecule has 0 heterocycles. The Kier molecular flexibility index (Phi) is 6.81. The predicted octanol–water partition coefficient (Wildman–Crippen LogP) is 3.71. The zero-order valence-corrected chi connectivity index (χ0v) is 14.8. The van der Waals surface area contributed by atoms with Gasteiger partial charge >= 0.3 is 5.97 Å². The first-order valence-corrected chi connectivity index (χ1v) is 8.23. The van der Waals surface area contributed by atoms with Crippen LogP contribution in [0, 0.1) is 6.92 Å². The zero-order valence-electron chi connectivity index (χ0n) is 13.3. The van der Waals surface area contributed by atoms with E-state index in [0.717, 1.165) is 10.0 Å². The zero-order chi connectivity index (χ0) is 17.4. The van der Waals surface area contributed by atoms with E-state index in [2.05, 4.69) is 21.2 Å². The Balaban J connectivity index is 1.66. The lowest BCUT2D eigenvalue weighted by molar-refractivity contribution is -0.147. The van der Waals surface area contributed by atoms with Gasteiger partial charge in [0.1, 0.15) is 5.75 Å². The summed E-state index contributed by atoms with van der Waals surface area (Å²) in [5, 5.41) is 2.65. The van der Waals surface area contributed by atoms with Crippen LogP contribution in [-0.4, -0.2) is 25.1 Å². The molecule has 0 atom stereocenters. The summed E-state index contributed by atoms with van der Waals surface area (Å²) in [6.45, 7) is 1.84. The molecule has 0 bridgehead atoms.